The number of carbonyl (C=O) groups is 2. The summed E-state index contributed by atoms with van der Waals surface area (Å²) in [5.41, 5.74) is -4.40. The topological polar surface area (TPSA) is 74.6 Å². The van der Waals surface area contributed by atoms with Gasteiger partial charge in [0.05, 0.1) is 11.1 Å². The van der Waals surface area contributed by atoms with Crippen molar-refractivity contribution in [1.82, 2.24) is 0 Å². The molecule has 0 saturated heterocycles. The van der Waals surface area contributed by atoms with Gasteiger partial charge in [-0.15, -0.1) is 0 Å². The van der Waals surface area contributed by atoms with Gasteiger partial charge in [0.25, 0.3) is 0 Å². The van der Waals surface area contributed by atoms with Crippen LogP contribution in [0.4, 0.5) is 22.0 Å². The lowest BCUT2D eigenvalue weighted by molar-refractivity contribution is -0.134. The van der Waals surface area contributed by atoms with Crippen molar-refractivity contribution in [2.24, 2.45) is 0 Å². The van der Waals surface area contributed by atoms with Crippen molar-refractivity contribution >= 4 is 17.5 Å². The Kier molecular flexibility index (Phi) is 4.11. The predicted molar refractivity (Wildman–Crippen MR) is 54.1 cm³/mol. The molecule has 0 bridgehead atoms. The molecule has 0 aliphatic carbocycles. The molecule has 2 N–H and O–H groups in total. The maximum Gasteiger partial charge on any atom is 0.337 e. The highest BCUT2D eigenvalue weighted by atomic mass is 19.2. The third-order valence-electron chi connectivity index (χ3n) is 2.37. The second-order valence-corrected chi connectivity index (χ2v) is 3.56. The fraction of sp³-hybridized carbons (Fsp3) is 0.0909. The number of benzene rings is 1. The molecular weight excluding hydrogens is 291 g/mol. The molecule has 0 unspecified atom stereocenters. The number of carboxylic acid groups (broad SMARTS) is 2. The summed E-state index contributed by atoms with van der Waals surface area (Å²) < 4.78 is 65.6. The molecule has 20 heavy (non-hydrogen) atoms. The van der Waals surface area contributed by atoms with Crippen LogP contribution in [0.3, 0.4) is 0 Å². The summed E-state index contributed by atoms with van der Waals surface area (Å²) in [6, 6.07) is 0. The number of carboxylic acids is 2. The van der Waals surface area contributed by atoms with Crippen LogP contribution in [-0.2, 0) is 9.59 Å². The van der Waals surface area contributed by atoms with Crippen molar-refractivity contribution in [1.29, 1.82) is 0 Å². The van der Waals surface area contributed by atoms with Gasteiger partial charge >= 0.3 is 11.9 Å². The van der Waals surface area contributed by atoms with E-state index >= 15 is 0 Å². The van der Waals surface area contributed by atoms with E-state index in [1.165, 1.54) is 0 Å². The Morgan fingerprint density at radius 1 is 0.750 bits per heavy atom. The molecule has 1 aromatic rings. The van der Waals surface area contributed by atoms with Crippen molar-refractivity contribution in [3.8, 4) is 0 Å². The van der Waals surface area contributed by atoms with Crippen molar-refractivity contribution in [3.05, 3.63) is 40.2 Å². The molecule has 0 aromatic heterocycles. The first-order valence-corrected chi connectivity index (χ1v) is 4.80. The van der Waals surface area contributed by atoms with Gasteiger partial charge in [-0.05, 0) is 6.92 Å². The molecular formula is C11H5F5O4. The molecule has 0 atom stereocenters. The molecule has 9 heteroatoms. The lowest BCUT2D eigenvalue weighted by Crippen LogP contribution is -2.14. The number of hydrogen-bond donors (Lipinski definition) is 2. The summed E-state index contributed by atoms with van der Waals surface area (Å²) in [5, 5.41) is 17.4. The predicted octanol–water partition coefficient (Wildman–Crippen LogP) is 2.32. The average Bonchev–Trinajstić information content (AvgIpc) is 2.37. The van der Waals surface area contributed by atoms with Crippen LogP contribution in [0, 0.1) is 29.1 Å². The van der Waals surface area contributed by atoms with Gasteiger partial charge in [0.1, 0.15) is 0 Å². The Labute approximate surface area is 107 Å². The van der Waals surface area contributed by atoms with Crippen molar-refractivity contribution in [3.63, 3.8) is 0 Å². The van der Waals surface area contributed by atoms with Gasteiger partial charge in [0, 0.05) is 5.57 Å². The highest BCUT2D eigenvalue weighted by Gasteiger charge is 2.32. The van der Waals surface area contributed by atoms with Gasteiger partial charge in [-0.25, -0.2) is 31.5 Å². The van der Waals surface area contributed by atoms with Crippen LogP contribution in [0.5, 0.6) is 0 Å². The molecule has 0 aliphatic heterocycles. The minimum absolute atomic E-state index is 0.657. The van der Waals surface area contributed by atoms with E-state index in [-0.39, 0.29) is 0 Å². The van der Waals surface area contributed by atoms with Crippen LogP contribution in [0.1, 0.15) is 12.5 Å². The summed E-state index contributed by atoms with van der Waals surface area (Å²) >= 11 is 0. The van der Waals surface area contributed by atoms with Crippen LogP contribution in [0.2, 0.25) is 0 Å². The molecule has 0 heterocycles. The molecule has 108 valence electrons. The zero-order valence-corrected chi connectivity index (χ0v) is 9.60. The zero-order valence-electron chi connectivity index (χ0n) is 9.60. The first kappa shape index (κ1) is 15.6. The molecule has 1 aromatic carbocycles. The fourth-order valence-electron chi connectivity index (χ4n) is 1.39. The van der Waals surface area contributed by atoms with Crippen molar-refractivity contribution < 1.29 is 41.8 Å². The SMILES string of the molecule is C/C(C(=O)O)=C(\C(=O)O)c1c(F)c(F)c(F)c(F)c1F. The monoisotopic (exact) mass is 296 g/mol. The summed E-state index contributed by atoms with van der Waals surface area (Å²) in [7, 11) is 0. The Morgan fingerprint density at radius 2 is 1.10 bits per heavy atom. The van der Waals surface area contributed by atoms with E-state index in [1.54, 1.807) is 0 Å². The molecule has 4 nitrogen and oxygen atoms in total. The van der Waals surface area contributed by atoms with Crippen LogP contribution in [0.25, 0.3) is 5.57 Å². The van der Waals surface area contributed by atoms with Crippen LogP contribution in [-0.4, -0.2) is 22.2 Å². The Hall–Kier alpha value is -2.45. The maximum atomic E-state index is 13.4. The standard InChI is InChI=1S/C11H5F5O4/c1-2(10(17)18)3(11(19)20)4-5(12)7(14)9(16)8(15)6(4)13/h1H3,(H,17,18)(H,19,20)/b3-2+. The fourth-order valence-corrected chi connectivity index (χ4v) is 1.39. The van der Waals surface area contributed by atoms with Gasteiger partial charge in [0.15, 0.2) is 23.3 Å². The third kappa shape index (κ3) is 2.33. The molecule has 0 aliphatic rings. The Balaban J connectivity index is 3.91. The summed E-state index contributed by atoms with van der Waals surface area (Å²) in [6.07, 6.45) is 0. The second-order valence-electron chi connectivity index (χ2n) is 3.56. The Bertz CT molecular complexity index is 622. The van der Waals surface area contributed by atoms with Crippen LogP contribution >= 0.6 is 0 Å². The minimum Gasteiger partial charge on any atom is -0.478 e. The first-order chi connectivity index (χ1) is 9.11. The van der Waals surface area contributed by atoms with Crippen LogP contribution in [0.15, 0.2) is 5.57 Å². The molecule has 0 radical (unpaired) electrons. The highest BCUT2D eigenvalue weighted by molar-refractivity contribution is 6.21. The molecule has 0 fully saturated rings. The summed E-state index contributed by atoms with van der Waals surface area (Å²) in [4.78, 5) is 21.5. The molecule has 1 rings (SSSR count). The quantitative estimate of drug-likeness (QED) is 0.388. The molecule has 0 saturated carbocycles. The second kappa shape index (κ2) is 5.27. The lowest BCUT2D eigenvalue weighted by atomic mass is 9.99. The van der Waals surface area contributed by atoms with E-state index < -0.39 is 57.7 Å². The van der Waals surface area contributed by atoms with E-state index in [9.17, 15) is 31.5 Å². The van der Waals surface area contributed by atoms with Crippen molar-refractivity contribution in [2.75, 3.05) is 0 Å². The minimum atomic E-state index is -2.47. The Morgan fingerprint density at radius 3 is 1.40 bits per heavy atom. The molecule has 0 amide bonds. The van der Waals surface area contributed by atoms with Gasteiger partial charge in [0.2, 0.25) is 5.82 Å². The van der Waals surface area contributed by atoms with Gasteiger partial charge in [-0.2, -0.15) is 0 Å². The van der Waals surface area contributed by atoms with Crippen LogP contribution < -0.4 is 0 Å². The van der Waals surface area contributed by atoms with Crippen molar-refractivity contribution in [2.45, 2.75) is 6.92 Å². The average molecular weight is 296 g/mol. The smallest absolute Gasteiger partial charge is 0.337 e. The van der Waals surface area contributed by atoms with E-state index in [4.69, 9.17) is 10.2 Å². The lowest BCUT2D eigenvalue weighted by Gasteiger charge is -2.10. The van der Waals surface area contributed by atoms with Gasteiger partial charge in [-0.3, -0.25) is 0 Å². The number of hydrogen-bond acceptors (Lipinski definition) is 2. The van der Waals surface area contributed by atoms with E-state index in [1.807, 2.05) is 0 Å². The maximum absolute atomic E-state index is 13.4. The first-order valence-electron chi connectivity index (χ1n) is 4.80. The number of halogens is 5. The third-order valence-corrected chi connectivity index (χ3v) is 2.37. The molecule has 0 spiro atoms. The zero-order chi connectivity index (χ0) is 15.8. The van der Waals surface area contributed by atoms with E-state index in [0.717, 1.165) is 0 Å². The number of aliphatic carboxylic acids is 2. The largest absolute Gasteiger partial charge is 0.478 e. The highest BCUT2D eigenvalue weighted by Crippen LogP contribution is 2.30. The van der Waals surface area contributed by atoms with Gasteiger partial charge in [-0.1, -0.05) is 0 Å². The number of rotatable bonds is 3. The summed E-state index contributed by atoms with van der Waals surface area (Å²) in [6.45, 7) is 0.657. The van der Waals surface area contributed by atoms with Gasteiger partial charge < -0.3 is 10.2 Å². The normalized spacial score (nSPS) is 12.1. The van der Waals surface area contributed by atoms with E-state index in [2.05, 4.69) is 0 Å². The van der Waals surface area contributed by atoms with E-state index in [0.29, 0.717) is 6.92 Å². The summed E-state index contributed by atoms with van der Waals surface area (Å²) in [5.74, 6) is -16.1.